The van der Waals surface area contributed by atoms with Crippen LogP contribution in [-0.4, -0.2) is 42.3 Å². The van der Waals surface area contributed by atoms with E-state index >= 15 is 0 Å². The van der Waals surface area contributed by atoms with Crippen molar-refractivity contribution in [2.75, 3.05) is 25.5 Å². The smallest absolute Gasteiger partial charge is 0.348 e. The standard InChI is InChI=1S/C18H23NO4S/c1-3-22-17(20)15(18(21)23-4-2)16-19(11-8-12-24-16)13-14-9-6-5-7-10-14/h5-7,9-10H,3-4,8,11-13H2,1-2H3. The molecular formula is C18H23NO4S. The summed E-state index contributed by atoms with van der Waals surface area (Å²) in [5.41, 5.74) is 1.14. The summed E-state index contributed by atoms with van der Waals surface area (Å²) in [6.45, 7) is 5.32. The number of hydrogen-bond acceptors (Lipinski definition) is 6. The minimum absolute atomic E-state index is 0.0133. The average Bonchev–Trinajstić information content (AvgIpc) is 2.58. The molecule has 6 heteroatoms. The van der Waals surface area contributed by atoms with E-state index < -0.39 is 11.9 Å². The van der Waals surface area contributed by atoms with Gasteiger partial charge in [-0.15, -0.1) is 11.8 Å². The zero-order chi connectivity index (χ0) is 17.4. The molecule has 2 rings (SSSR count). The van der Waals surface area contributed by atoms with Crippen molar-refractivity contribution in [3.8, 4) is 0 Å². The maximum Gasteiger partial charge on any atom is 0.348 e. The van der Waals surface area contributed by atoms with Crippen LogP contribution in [0.3, 0.4) is 0 Å². The van der Waals surface area contributed by atoms with E-state index in [1.807, 2.05) is 30.3 Å². The Bertz CT molecular complexity index is 580. The van der Waals surface area contributed by atoms with Crippen LogP contribution in [0.15, 0.2) is 40.9 Å². The molecule has 1 aromatic rings. The number of thioether (sulfide) groups is 1. The lowest BCUT2D eigenvalue weighted by Crippen LogP contribution is -2.32. The second-order valence-electron chi connectivity index (χ2n) is 5.23. The van der Waals surface area contributed by atoms with Crippen LogP contribution < -0.4 is 0 Å². The monoisotopic (exact) mass is 349 g/mol. The van der Waals surface area contributed by atoms with Gasteiger partial charge in [0.15, 0.2) is 5.57 Å². The van der Waals surface area contributed by atoms with Crippen LogP contribution in [0.1, 0.15) is 25.8 Å². The number of esters is 2. The van der Waals surface area contributed by atoms with Crippen molar-refractivity contribution in [2.24, 2.45) is 0 Å². The van der Waals surface area contributed by atoms with Crippen LogP contribution in [0.4, 0.5) is 0 Å². The van der Waals surface area contributed by atoms with Crippen molar-refractivity contribution in [1.29, 1.82) is 0 Å². The first-order valence-electron chi connectivity index (χ1n) is 8.17. The van der Waals surface area contributed by atoms with E-state index in [4.69, 9.17) is 9.47 Å². The highest BCUT2D eigenvalue weighted by molar-refractivity contribution is 8.03. The zero-order valence-electron chi connectivity index (χ0n) is 14.1. The van der Waals surface area contributed by atoms with Crippen LogP contribution >= 0.6 is 11.8 Å². The molecule has 0 saturated carbocycles. The third-order valence-corrected chi connectivity index (χ3v) is 4.72. The predicted octanol–water partition coefficient (Wildman–Crippen LogP) is 2.96. The van der Waals surface area contributed by atoms with Crippen molar-refractivity contribution >= 4 is 23.7 Å². The number of hydrogen-bond donors (Lipinski definition) is 0. The highest BCUT2D eigenvalue weighted by Crippen LogP contribution is 2.32. The third-order valence-electron chi connectivity index (χ3n) is 3.49. The molecule has 1 fully saturated rings. The molecule has 0 unspecified atom stereocenters. The van der Waals surface area contributed by atoms with Crippen LogP contribution in [0.25, 0.3) is 0 Å². The Morgan fingerprint density at radius 3 is 2.29 bits per heavy atom. The summed E-state index contributed by atoms with van der Waals surface area (Å²) in [6, 6.07) is 9.99. The van der Waals surface area contributed by atoms with E-state index in [0.717, 1.165) is 24.3 Å². The van der Waals surface area contributed by atoms with Gasteiger partial charge in [0.05, 0.1) is 18.2 Å². The zero-order valence-corrected chi connectivity index (χ0v) is 14.9. The number of carbonyl (C=O) groups excluding carboxylic acids is 2. The topological polar surface area (TPSA) is 55.8 Å². The van der Waals surface area contributed by atoms with Crippen molar-refractivity contribution in [3.05, 3.63) is 46.5 Å². The van der Waals surface area contributed by atoms with Gasteiger partial charge in [0.1, 0.15) is 0 Å². The van der Waals surface area contributed by atoms with Gasteiger partial charge in [0.25, 0.3) is 0 Å². The summed E-state index contributed by atoms with van der Waals surface area (Å²) >= 11 is 1.51. The first-order chi connectivity index (χ1) is 11.7. The van der Waals surface area contributed by atoms with Gasteiger partial charge < -0.3 is 14.4 Å². The summed E-state index contributed by atoms with van der Waals surface area (Å²) in [5.74, 6) is -0.361. The molecule has 0 radical (unpaired) electrons. The van der Waals surface area contributed by atoms with Crippen LogP contribution in [0.5, 0.6) is 0 Å². The van der Waals surface area contributed by atoms with Gasteiger partial charge in [-0.3, -0.25) is 0 Å². The molecule has 0 spiro atoms. The molecule has 1 aliphatic rings. The lowest BCUT2D eigenvalue weighted by molar-refractivity contribution is -0.146. The maximum atomic E-state index is 12.3. The Morgan fingerprint density at radius 1 is 1.08 bits per heavy atom. The van der Waals surface area contributed by atoms with Gasteiger partial charge in [0.2, 0.25) is 0 Å². The van der Waals surface area contributed by atoms with Crippen molar-refractivity contribution in [1.82, 2.24) is 4.90 Å². The maximum absolute atomic E-state index is 12.3. The molecule has 1 aliphatic heterocycles. The fourth-order valence-corrected chi connectivity index (χ4v) is 3.58. The SMILES string of the molecule is CCOC(=O)C(C(=O)OCC)=C1SCCCN1Cc1ccccc1. The van der Waals surface area contributed by atoms with Gasteiger partial charge in [-0.1, -0.05) is 30.3 Å². The third kappa shape index (κ3) is 4.77. The number of benzene rings is 1. The van der Waals surface area contributed by atoms with Gasteiger partial charge in [-0.2, -0.15) is 0 Å². The quantitative estimate of drug-likeness (QED) is 0.341. The van der Waals surface area contributed by atoms with Crippen LogP contribution in [0.2, 0.25) is 0 Å². The fourth-order valence-electron chi connectivity index (χ4n) is 2.47. The Kier molecular flexibility index (Phi) is 7.18. The summed E-state index contributed by atoms with van der Waals surface area (Å²) in [5, 5.41) is 0.655. The minimum Gasteiger partial charge on any atom is -0.462 e. The lowest BCUT2D eigenvalue weighted by atomic mass is 10.2. The van der Waals surface area contributed by atoms with Crippen LogP contribution in [0, 0.1) is 0 Å². The molecule has 0 aliphatic carbocycles. The van der Waals surface area contributed by atoms with E-state index in [2.05, 4.69) is 4.90 Å². The molecule has 0 amide bonds. The number of carbonyl (C=O) groups is 2. The van der Waals surface area contributed by atoms with Crippen molar-refractivity contribution in [3.63, 3.8) is 0 Å². The molecule has 0 atom stereocenters. The molecule has 1 heterocycles. The van der Waals surface area contributed by atoms with Gasteiger partial charge in [0, 0.05) is 18.8 Å². The summed E-state index contributed by atoms with van der Waals surface area (Å²) in [7, 11) is 0. The van der Waals surface area contributed by atoms with E-state index in [1.54, 1.807) is 13.8 Å². The predicted molar refractivity (Wildman–Crippen MR) is 94.2 cm³/mol. The first-order valence-corrected chi connectivity index (χ1v) is 9.16. The van der Waals surface area contributed by atoms with Gasteiger partial charge in [-0.25, -0.2) is 9.59 Å². The largest absolute Gasteiger partial charge is 0.462 e. The van der Waals surface area contributed by atoms with Gasteiger partial charge >= 0.3 is 11.9 Å². The van der Waals surface area contributed by atoms with Crippen molar-refractivity contribution < 1.29 is 19.1 Å². The molecule has 0 bridgehead atoms. The Balaban J connectivity index is 2.34. The summed E-state index contributed by atoms with van der Waals surface area (Å²) in [4.78, 5) is 26.7. The van der Waals surface area contributed by atoms with Crippen LogP contribution in [-0.2, 0) is 25.6 Å². The second kappa shape index (κ2) is 9.37. The number of ether oxygens (including phenoxy) is 2. The lowest BCUT2D eigenvalue weighted by Gasteiger charge is -2.32. The summed E-state index contributed by atoms with van der Waals surface area (Å²) < 4.78 is 10.2. The van der Waals surface area contributed by atoms with E-state index in [0.29, 0.717) is 11.6 Å². The summed E-state index contributed by atoms with van der Waals surface area (Å²) in [6.07, 6.45) is 1.000. The average molecular weight is 349 g/mol. The van der Waals surface area contributed by atoms with E-state index in [1.165, 1.54) is 11.8 Å². The molecule has 0 N–H and O–H groups in total. The molecule has 24 heavy (non-hydrogen) atoms. The fraction of sp³-hybridized carbons (Fsp3) is 0.444. The second-order valence-corrected chi connectivity index (χ2v) is 6.31. The Morgan fingerprint density at radius 2 is 1.71 bits per heavy atom. The molecular weight excluding hydrogens is 326 g/mol. The van der Waals surface area contributed by atoms with Gasteiger partial charge in [-0.05, 0) is 25.8 Å². The Hall–Kier alpha value is -1.95. The van der Waals surface area contributed by atoms with Crippen molar-refractivity contribution in [2.45, 2.75) is 26.8 Å². The number of rotatable bonds is 6. The minimum atomic E-state index is -0.613. The van der Waals surface area contributed by atoms with E-state index in [9.17, 15) is 9.59 Å². The molecule has 1 saturated heterocycles. The molecule has 0 aromatic heterocycles. The highest BCUT2D eigenvalue weighted by atomic mass is 32.2. The van der Waals surface area contributed by atoms with E-state index in [-0.39, 0.29) is 18.8 Å². The number of nitrogens with zero attached hydrogens (tertiary/aromatic N) is 1. The Labute approximate surface area is 147 Å². The molecule has 130 valence electrons. The molecule has 1 aromatic carbocycles. The first kappa shape index (κ1) is 18.4. The highest BCUT2D eigenvalue weighted by Gasteiger charge is 2.31. The normalized spacial score (nSPS) is 14.2. The molecule has 5 nitrogen and oxygen atoms in total.